The molecule has 0 saturated carbocycles. The van der Waals surface area contributed by atoms with Gasteiger partial charge in [-0.2, -0.15) is 0 Å². The lowest BCUT2D eigenvalue weighted by Crippen LogP contribution is -2.61. The number of hydrogen-bond donors (Lipinski definition) is 0. The third-order valence-electron chi connectivity index (χ3n) is 7.58. The molecule has 183 valence electrons. The SMILES string of the molecule is [c]1cc2cccnc2cc1N1CCN(Cc2ccccc2)C(Cc2ccccc2)C1Cc1ccccc1. The molecule has 3 nitrogen and oxygen atoms in total. The van der Waals surface area contributed by atoms with Gasteiger partial charge in [-0.25, -0.2) is 0 Å². The number of rotatable bonds is 7. The van der Waals surface area contributed by atoms with E-state index >= 15 is 0 Å². The Hall–Kier alpha value is -3.95. The van der Waals surface area contributed by atoms with E-state index < -0.39 is 0 Å². The van der Waals surface area contributed by atoms with Crippen molar-refractivity contribution in [1.82, 2.24) is 9.88 Å². The summed E-state index contributed by atoms with van der Waals surface area (Å²) in [4.78, 5) is 9.94. The Morgan fingerprint density at radius 3 is 1.97 bits per heavy atom. The van der Waals surface area contributed by atoms with Gasteiger partial charge >= 0.3 is 0 Å². The molecule has 37 heavy (non-hydrogen) atoms. The number of fused-ring (bicyclic) bond motifs is 1. The number of benzene rings is 4. The molecule has 4 aromatic carbocycles. The molecule has 1 aliphatic heterocycles. The summed E-state index contributed by atoms with van der Waals surface area (Å²) in [5.41, 5.74) is 6.30. The lowest BCUT2D eigenvalue weighted by molar-refractivity contribution is 0.129. The first-order chi connectivity index (χ1) is 18.3. The lowest BCUT2D eigenvalue weighted by atomic mass is 9.88. The van der Waals surface area contributed by atoms with Gasteiger partial charge in [-0.15, -0.1) is 0 Å². The van der Waals surface area contributed by atoms with Gasteiger partial charge in [0.25, 0.3) is 0 Å². The van der Waals surface area contributed by atoms with E-state index in [-0.39, 0.29) is 0 Å². The molecule has 2 atom stereocenters. The Balaban J connectivity index is 1.40. The standard InChI is InChI=1S/C34H32N3/c1-4-11-27(12-5-1)23-33-34(24-28-13-6-2-7-14-28)37(22-21-36(33)26-29-15-8-3-9-16-29)31-19-18-30-17-10-20-35-32(30)25-31/h1-18,20,25,33-34H,21-24,26H2. The number of piperazine rings is 1. The predicted octanol–water partition coefficient (Wildman–Crippen LogP) is 6.58. The van der Waals surface area contributed by atoms with E-state index in [1.807, 2.05) is 12.3 Å². The molecule has 1 fully saturated rings. The minimum atomic E-state index is 0.303. The van der Waals surface area contributed by atoms with E-state index in [2.05, 4.69) is 130 Å². The van der Waals surface area contributed by atoms with E-state index in [4.69, 9.17) is 0 Å². The lowest BCUT2D eigenvalue weighted by Gasteiger charge is -2.49. The van der Waals surface area contributed by atoms with Crippen LogP contribution in [-0.4, -0.2) is 35.1 Å². The zero-order chi connectivity index (χ0) is 24.9. The highest BCUT2D eigenvalue weighted by atomic mass is 15.3. The monoisotopic (exact) mass is 482 g/mol. The summed E-state index contributed by atoms with van der Waals surface area (Å²) in [6.45, 7) is 2.93. The zero-order valence-electron chi connectivity index (χ0n) is 21.1. The Morgan fingerprint density at radius 1 is 0.676 bits per heavy atom. The second-order valence-corrected chi connectivity index (χ2v) is 9.96. The third kappa shape index (κ3) is 5.42. The number of aromatic nitrogens is 1. The van der Waals surface area contributed by atoms with Crippen LogP contribution in [0.2, 0.25) is 0 Å². The second kappa shape index (κ2) is 11.0. The molecule has 2 unspecified atom stereocenters. The van der Waals surface area contributed by atoms with Crippen LogP contribution in [0.4, 0.5) is 5.69 Å². The van der Waals surface area contributed by atoms with Crippen LogP contribution in [0.15, 0.2) is 121 Å². The normalized spacial score (nSPS) is 18.2. The fourth-order valence-corrected chi connectivity index (χ4v) is 5.72. The summed E-state index contributed by atoms with van der Waals surface area (Å²) in [5, 5.41) is 1.13. The van der Waals surface area contributed by atoms with Gasteiger partial charge in [0.2, 0.25) is 0 Å². The molecule has 6 rings (SSSR count). The molecule has 1 aliphatic rings. The molecule has 1 saturated heterocycles. The Labute approximate surface area is 220 Å². The van der Waals surface area contributed by atoms with Gasteiger partial charge in [-0.3, -0.25) is 9.88 Å². The van der Waals surface area contributed by atoms with Crippen LogP contribution in [0.5, 0.6) is 0 Å². The third-order valence-corrected chi connectivity index (χ3v) is 7.58. The van der Waals surface area contributed by atoms with Crippen LogP contribution >= 0.6 is 0 Å². The fourth-order valence-electron chi connectivity index (χ4n) is 5.72. The van der Waals surface area contributed by atoms with E-state index in [0.717, 1.165) is 49.1 Å². The van der Waals surface area contributed by atoms with Crippen molar-refractivity contribution in [2.45, 2.75) is 31.5 Å². The predicted molar refractivity (Wildman–Crippen MR) is 153 cm³/mol. The highest BCUT2D eigenvalue weighted by Crippen LogP contribution is 2.31. The van der Waals surface area contributed by atoms with Crippen LogP contribution in [0, 0.1) is 6.07 Å². The second-order valence-electron chi connectivity index (χ2n) is 9.96. The van der Waals surface area contributed by atoms with Gasteiger partial charge in [0, 0.05) is 55.1 Å². The smallest absolute Gasteiger partial charge is 0.0723 e. The fraction of sp³-hybridized carbons (Fsp3) is 0.206. The average molecular weight is 483 g/mol. The van der Waals surface area contributed by atoms with Crippen molar-refractivity contribution in [2.24, 2.45) is 0 Å². The van der Waals surface area contributed by atoms with Gasteiger partial charge in [-0.1, -0.05) is 97.1 Å². The van der Waals surface area contributed by atoms with Crippen molar-refractivity contribution in [2.75, 3.05) is 18.0 Å². The van der Waals surface area contributed by atoms with Crippen LogP contribution in [0.1, 0.15) is 16.7 Å². The molecule has 0 spiro atoms. The summed E-state index contributed by atoms with van der Waals surface area (Å²) in [6.07, 6.45) is 3.87. The molecule has 1 radical (unpaired) electrons. The maximum atomic E-state index is 4.65. The quantitative estimate of drug-likeness (QED) is 0.261. The summed E-state index contributed by atoms with van der Waals surface area (Å²) < 4.78 is 0. The van der Waals surface area contributed by atoms with E-state index in [9.17, 15) is 0 Å². The van der Waals surface area contributed by atoms with Crippen molar-refractivity contribution in [3.05, 3.63) is 144 Å². The van der Waals surface area contributed by atoms with Crippen LogP contribution in [0.3, 0.4) is 0 Å². The average Bonchev–Trinajstić information content (AvgIpc) is 2.96. The molecule has 0 amide bonds. The van der Waals surface area contributed by atoms with Crippen molar-refractivity contribution in [3.8, 4) is 0 Å². The van der Waals surface area contributed by atoms with Crippen molar-refractivity contribution >= 4 is 16.6 Å². The Morgan fingerprint density at radius 2 is 1.30 bits per heavy atom. The number of anilines is 1. The minimum absolute atomic E-state index is 0.303. The summed E-state index contributed by atoms with van der Waals surface area (Å²) in [6, 6.07) is 45.5. The molecule has 0 bridgehead atoms. The largest absolute Gasteiger partial charge is 0.365 e. The minimum Gasteiger partial charge on any atom is -0.365 e. The van der Waals surface area contributed by atoms with Crippen molar-refractivity contribution < 1.29 is 0 Å². The highest BCUT2D eigenvalue weighted by Gasteiger charge is 2.37. The van der Waals surface area contributed by atoms with E-state index in [0.29, 0.717) is 12.1 Å². The number of pyridine rings is 1. The first-order valence-electron chi connectivity index (χ1n) is 13.2. The summed E-state index contributed by atoms with van der Waals surface area (Å²) in [7, 11) is 0. The summed E-state index contributed by atoms with van der Waals surface area (Å²) in [5.74, 6) is 0. The van der Waals surface area contributed by atoms with E-state index in [1.54, 1.807) is 0 Å². The van der Waals surface area contributed by atoms with Crippen LogP contribution in [-0.2, 0) is 19.4 Å². The maximum Gasteiger partial charge on any atom is 0.0723 e. The molecule has 3 heteroatoms. The van der Waals surface area contributed by atoms with Crippen molar-refractivity contribution in [1.29, 1.82) is 0 Å². The van der Waals surface area contributed by atoms with Crippen molar-refractivity contribution in [3.63, 3.8) is 0 Å². The zero-order valence-corrected chi connectivity index (χ0v) is 21.1. The molecule has 0 aliphatic carbocycles. The molecular formula is C34H32N3. The van der Waals surface area contributed by atoms with Crippen LogP contribution < -0.4 is 4.90 Å². The van der Waals surface area contributed by atoms with E-state index in [1.165, 1.54) is 16.7 Å². The van der Waals surface area contributed by atoms with Gasteiger partial charge in [0.1, 0.15) is 0 Å². The van der Waals surface area contributed by atoms with Gasteiger partial charge in [-0.05, 0) is 47.7 Å². The first-order valence-corrected chi connectivity index (χ1v) is 13.2. The van der Waals surface area contributed by atoms with Gasteiger partial charge in [0.15, 0.2) is 0 Å². The van der Waals surface area contributed by atoms with Gasteiger partial charge in [0.05, 0.1) is 5.52 Å². The molecule has 2 heterocycles. The van der Waals surface area contributed by atoms with Gasteiger partial charge < -0.3 is 4.90 Å². The van der Waals surface area contributed by atoms with Crippen LogP contribution in [0.25, 0.3) is 10.9 Å². The maximum absolute atomic E-state index is 4.65. The first kappa shape index (κ1) is 23.4. The topological polar surface area (TPSA) is 19.4 Å². The summed E-state index contributed by atoms with van der Waals surface area (Å²) >= 11 is 0. The number of hydrogen-bond acceptors (Lipinski definition) is 3. The molecule has 1 aromatic heterocycles. The highest BCUT2D eigenvalue weighted by molar-refractivity contribution is 5.82. The Kier molecular flexibility index (Phi) is 6.96. The number of nitrogens with zero attached hydrogens (tertiary/aromatic N) is 3. The Bertz CT molecular complexity index is 1420. The molecule has 0 N–H and O–H groups in total. The molecular weight excluding hydrogens is 450 g/mol. The molecule has 5 aromatic rings.